The fourth-order valence-electron chi connectivity index (χ4n) is 2.63. The topological polar surface area (TPSA) is 37.3 Å². The summed E-state index contributed by atoms with van der Waals surface area (Å²) in [4.78, 5) is 10.6. The molecule has 0 heterocycles. The maximum Gasteiger partial charge on any atom is 0.303 e. The molecule has 3 rings (SSSR count). The summed E-state index contributed by atoms with van der Waals surface area (Å²) < 4.78 is 0. The maximum atomic E-state index is 10.6. The third-order valence-electron chi connectivity index (χ3n) is 3.47. The molecule has 0 fully saturated rings. The van der Waals surface area contributed by atoms with E-state index in [2.05, 4.69) is 42.5 Å². The third-order valence-corrected chi connectivity index (χ3v) is 3.47. The SMILES string of the molecule is O=C(O)CCCc1ccc2cccc3c2c1C=C3. The van der Waals surface area contributed by atoms with Gasteiger partial charge in [-0.05, 0) is 40.3 Å². The first-order chi connectivity index (χ1) is 8.75. The van der Waals surface area contributed by atoms with Crippen LogP contribution in [-0.4, -0.2) is 11.1 Å². The Morgan fingerprint density at radius 1 is 1.11 bits per heavy atom. The number of benzene rings is 2. The minimum absolute atomic E-state index is 0.239. The molecule has 1 aliphatic carbocycles. The molecule has 2 aromatic rings. The molecule has 0 aromatic heterocycles. The highest BCUT2D eigenvalue weighted by Gasteiger charge is 2.12. The second-order valence-corrected chi connectivity index (χ2v) is 4.66. The molecule has 0 radical (unpaired) electrons. The van der Waals surface area contributed by atoms with Crippen LogP contribution in [0.2, 0.25) is 0 Å². The molecule has 18 heavy (non-hydrogen) atoms. The molecule has 0 atom stereocenters. The van der Waals surface area contributed by atoms with Crippen LogP contribution < -0.4 is 0 Å². The fraction of sp³-hybridized carbons (Fsp3) is 0.188. The molecule has 0 aliphatic heterocycles. The monoisotopic (exact) mass is 238 g/mol. The molecule has 0 bridgehead atoms. The lowest BCUT2D eigenvalue weighted by atomic mass is 9.96. The number of carboxylic acid groups (broad SMARTS) is 1. The molecule has 2 nitrogen and oxygen atoms in total. The van der Waals surface area contributed by atoms with Gasteiger partial charge in [-0.25, -0.2) is 0 Å². The Labute approximate surface area is 106 Å². The summed E-state index contributed by atoms with van der Waals surface area (Å²) >= 11 is 0. The van der Waals surface area contributed by atoms with Gasteiger partial charge >= 0.3 is 5.97 Å². The zero-order valence-electron chi connectivity index (χ0n) is 10.0. The minimum Gasteiger partial charge on any atom is -0.481 e. The normalized spacial score (nSPS) is 12.2. The van der Waals surface area contributed by atoms with Gasteiger partial charge in [0.25, 0.3) is 0 Å². The lowest BCUT2D eigenvalue weighted by molar-refractivity contribution is -0.137. The number of hydrogen-bond acceptors (Lipinski definition) is 1. The zero-order valence-corrected chi connectivity index (χ0v) is 10.0. The summed E-state index contributed by atoms with van der Waals surface area (Å²) in [6.45, 7) is 0. The molecule has 1 N–H and O–H groups in total. The average Bonchev–Trinajstić information content (AvgIpc) is 2.78. The standard InChI is InChI=1S/C16H14O2/c17-15(18)6-2-3-11-7-8-12-4-1-5-13-9-10-14(11)16(12)13/h1,4-5,7-10H,2-3,6H2,(H,17,18). The van der Waals surface area contributed by atoms with Crippen molar-refractivity contribution in [2.45, 2.75) is 19.3 Å². The van der Waals surface area contributed by atoms with Crippen molar-refractivity contribution < 1.29 is 9.90 Å². The van der Waals surface area contributed by atoms with Gasteiger partial charge in [0.05, 0.1) is 0 Å². The lowest BCUT2D eigenvalue weighted by Crippen LogP contribution is -1.97. The summed E-state index contributed by atoms with van der Waals surface area (Å²) in [6, 6.07) is 10.6. The van der Waals surface area contributed by atoms with Crippen molar-refractivity contribution in [1.29, 1.82) is 0 Å². The summed E-state index contributed by atoms with van der Waals surface area (Å²) in [7, 11) is 0. The molecule has 2 heteroatoms. The Hall–Kier alpha value is -2.09. The molecule has 2 aromatic carbocycles. The van der Waals surface area contributed by atoms with E-state index < -0.39 is 5.97 Å². The van der Waals surface area contributed by atoms with Crippen LogP contribution in [0, 0.1) is 0 Å². The Kier molecular flexibility index (Phi) is 2.63. The predicted molar refractivity (Wildman–Crippen MR) is 73.4 cm³/mol. The predicted octanol–water partition coefficient (Wildman–Crippen LogP) is 3.73. The van der Waals surface area contributed by atoms with Crippen molar-refractivity contribution in [3.8, 4) is 0 Å². The second kappa shape index (κ2) is 4.30. The van der Waals surface area contributed by atoms with Crippen LogP contribution in [0.3, 0.4) is 0 Å². The van der Waals surface area contributed by atoms with Crippen molar-refractivity contribution in [3.63, 3.8) is 0 Å². The van der Waals surface area contributed by atoms with Crippen molar-refractivity contribution in [3.05, 3.63) is 47.0 Å². The van der Waals surface area contributed by atoms with Crippen LogP contribution >= 0.6 is 0 Å². The van der Waals surface area contributed by atoms with E-state index in [4.69, 9.17) is 5.11 Å². The van der Waals surface area contributed by atoms with E-state index in [1.165, 1.54) is 27.5 Å². The number of aryl methyl sites for hydroxylation is 1. The number of carbonyl (C=O) groups is 1. The van der Waals surface area contributed by atoms with Gasteiger partial charge in [0.15, 0.2) is 0 Å². The molecule has 0 unspecified atom stereocenters. The van der Waals surface area contributed by atoms with Crippen LogP contribution in [-0.2, 0) is 11.2 Å². The molecular weight excluding hydrogens is 224 g/mol. The molecule has 90 valence electrons. The van der Waals surface area contributed by atoms with E-state index in [1.54, 1.807) is 0 Å². The van der Waals surface area contributed by atoms with Crippen molar-refractivity contribution in [2.24, 2.45) is 0 Å². The van der Waals surface area contributed by atoms with Crippen LogP contribution in [0.25, 0.3) is 22.9 Å². The van der Waals surface area contributed by atoms with E-state index in [0.717, 1.165) is 6.42 Å². The minimum atomic E-state index is -0.719. The van der Waals surface area contributed by atoms with Gasteiger partial charge in [-0.15, -0.1) is 0 Å². The average molecular weight is 238 g/mol. The van der Waals surface area contributed by atoms with Gasteiger partial charge in [0.2, 0.25) is 0 Å². The first kappa shape index (κ1) is 11.0. The van der Waals surface area contributed by atoms with Crippen LogP contribution in [0.5, 0.6) is 0 Å². The van der Waals surface area contributed by atoms with Crippen molar-refractivity contribution >= 4 is 28.9 Å². The summed E-state index contributed by atoms with van der Waals surface area (Å²) in [5.41, 5.74) is 3.79. The van der Waals surface area contributed by atoms with E-state index >= 15 is 0 Å². The number of aliphatic carboxylic acids is 1. The summed E-state index contributed by atoms with van der Waals surface area (Å²) in [5, 5.41) is 11.3. The number of rotatable bonds is 4. The van der Waals surface area contributed by atoms with Crippen LogP contribution in [0.1, 0.15) is 29.5 Å². The molecule has 0 saturated heterocycles. The number of carboxylic acids is 1. The first-order valence-electron chi connectivity index (χ1n) is 6.20. The maximum absolute atomic E-state index is 10.6. The fourth-order valence-corrected chi connectivity index (χ4v) is 2.63. The summed E-state index contributed by atoms with van der Waals surface area (Å²) in [6.07, 6.45) is 6.05. The quantitative estimate of drug-likeness (QED) is 0.752. The Morgan fingerprint density at radius 2 is 2.00 bits per heavy atom. The smallest absolute Gasteiger partial charge is 0.303 e. The van der Waals surface area contributed by atoms with Gasteiger partial charge in [-0.2, -0.15) is 0 Å². The van der Waals surface area contributed by atoms with E-state index in [0.29, 0.717) is 6.42 Å². The highest BCUT2D eigenvalue weighted by Crippen LogP contribution is 2.33. The summed E-state index contributed by atoms with van der Waals surface area (Å²) in [5.74, 6) is -0.719. The third kappa shape index (κ3) is 1.80. The largest absolute Gasteiger partial charge is 0.481 e. The van der Waals surface area contributed by atoms with Gasteiger partial charge < -0.3 is 5.11 Å². The highest BCUT2D eigenvalue weighted by atomic mass is 16.4. The molecule has 1 aliphatic rings. The Morgan fingerprint density at radius 3 is 2.83 bits per heavy atom. The highest BCUT2D eigenvalue weighted by molar-refractivity contribution is 6.05. The lowest BCUT2D eigenvalue weighted by Gasteiger charge is -2.08. The first-order valence-corrected chi connectivity index (χ1v) is 6.20. The van der Waals surface area contributed by atoms with Gasteiger partial charge in [-0.1, -0.05) is 42.5 Å². The van der Waals surface area contributed by atoms with E-state index in [9.17, 15) is 4.79 Å². The molecule has 0 saturated carbocycles. The van der Waals surface area contributed by atoms with Gasteiger partial charge in [-0.3, -0.25) is 4.79 Å². The van der Waals surface area contributed by atoms with Gasteiger partial charge in [0.1, 0.15) is 0 Å². The molecule has 0 spiro atoms. The van der Waals surface area contributed by atoms with Crippen LogP contribution in [0.15, 0.2) is 30.3 Å². The molecule has 0 amide bonds. The van der Waals surface area contributed by atoms with Gasteiger partial charge in [0, 0.05) is 6.42 Å². The zero-order chi connectivity index (χ0) is 12.5. The van der Waals surface area contributed by atoms with Crippen molar-refractivity contribution in [1.82, 2.24) is 0 Å². The van der Waals surface area contributed by atoms with Crippen molar-refractivity contribution in [2.75, 3.05) is 0 Å². The Bertz CT molecular complexity index is 653. The number of hydrogen-bond donors (Lipinski definition) is 1. The Balaban J connectivity index is 1.96. The molecular formula is C16H14O2. The van der Waals surface area contributed by atoms with Crippen LogP contribution in [0.4, 0.5) is 0 Å². The van der Waals surface area contributed by atoms with E-state index in [-0.39, 0.29) is 6.42 Å². The van der Waals surface area contributed by atoms with E-state index in [1.807, 2.05) is 0 Å². The second-order valence-electron chi connectivity index (χ2n) is 4.66.